The Kier molecular flexibility index (Phi) is 3.61. The average molecular weight is 171 g/mol. The van der Waals surface area contributed by atoms with Crippen molar-refractivity contribution < 1.29 is 12.8 Å². The first-order valence-corrected chi connectivity index (χ1v) is 3.71. The second-order valence-electron chi connectivity index (χ2n) is 1.48. The Morgan fingerprint density at radius 2 is 2.10 bits per heavy atom. The molecule has 0 radical (unpaired) electrons. The van der Waals surface area contributed by atoms with Crippen molar-refractivity contribution in [1.82, 2.24) is 0 Å². The Morgan fingerprint density at radius 3 is 2.30 bits per heavy atom. The molecule has 0 aliphatic carbocycles. The molecule has 52 valence electrons. The molecule has 0 aliphatic heterocycles. The van der Waals surface area contributed by atoms with Gasteiger partial charge < -0.3 is 4.42 Å². The average Bonchev–Trinajstić information content (AvgIpc) is 2.08. The van der Waals surface area contributed by atoms with Crippen molar-refractivity contribution in [3.63, 3.8) is 0 Å². The van der Waals surface area contributed by atoms with Gasteiger partial charge in [-0.2, -0.15) is 0 Å². The van der Waals surface area contributed by atoms with E-state index in [1.807, 2.05) is 0 Å². The minimum atomic E-state index is -3.63. The molecule has 0 unspecified atom stereocenters. The molecule has 0 bridgehead atoms. The molecule has 1 heterocycles. The van der Waals surface area contributed by atoms with Gasteiger partial charge in [0.15, 0.2) is 0 Å². The first-order valence-electron chi connectivity index (χ1n) is 2.17. The Bertz CT molecular complexity index is 277. The summed E-state index contributed by atoms with van der Waals surface area (Å²) in [6, 6.07) is 2.75. The van der Waals surface area contributed by atoms with Crippen LogP contribution in [-0.4, -0.2) is 38.0 Å². The summed E-state index contributed by atoms with van der Waals surface area (Å²) in [5, 5.41) is 4.47. The number of nitrogens with two attached hydrogens (primary N) is 1. The third kappa shape index (κ3) is 2.43. The van der Waals surface area contributed by atoms with Gasteiger partial charge in [-0.15, -0.1) is 0 Å². The molecule has 4 nitrogen and oxygen atoms in total. The predicted molar refractivity (Wildman–Crippen MR) is 37.2 cm³/mol. The van der Waals surface area contributed by atoms with Gasteiger partial charge in [0.05, 0.1) is 6.26 Å². The standard InChI is InChI=1S/C4H5NO3S.Na.H/c5-9(6,7)4-2-1-3-8-4;;/h1-3H,(H2,5,6,7);;. The topological polar surface area (TPSA) is 73.3 Å². The van der Waals surface area contributed by atoms with E-state index in [2.05, 4.69) is 9.56 Å². The molecule has 0 spiro atoms. The Hall–Kier alpha value is 0.190. The number of hydrogen-bond donors (Lipinski definition) is 1. The van der Waals surface area contributed by atoms with Crippen molar-refractivity contribution in [2.24, 2.45) is 5.14 Å². The van der Waals surface area contributed by atoms with E-state index in [1.165, 1.54) is 18.4 Å². The van der Waals surface area contributed by atoms with Crippen LogP contribution in [0.15, 0.2) is 27.9 Å². The number of primary sulfonamides is 1. The van der Waals surface area contributed by atoms with Crippen molar-refractivity contribution in [3.05, 3.63) is 18.4 Å². The molecule has 1 aromatic heterocycles. The summed E-state index contributed by atoms with van der Waals surface area (Å²) in [6.45, 7) is 0. The predicted octanol–water partition coefficient (Wildman–Crippen LogP) is -0.722. The zero-order chi connectivity index (χ0) is 6.91. The number of sulfonamides is 1. The van der Waals surface area contributed by atoms with Gasteiger partial charge in [0, 0.05) is 0 Å². The molecule has 6 heteroatoms. The van der Waals surface area contributed by atoms with Crippen LogP contribution in [0.5, 0.6) is 0 Å². The fourth-order valence-corrected chi connectivity index (χ4v) is 0.883. The second kappa shape index (κ2) is 3.54. The normalized spacial score (nSPS) is 10.5. The van der Waals surface area contributed by atoms with Crippen molar-refractivity contribution in [3.8, 4) is 0 Å². The van der Waals surface area contributed by atoms with Gasteiger partial charge in [-0.3, -0.25) is 0 Å². The van der Waals surface area contributed by atoms with Gasteiger partial charge in [0.25, 0.3) is 10.0 Å². The Labute approximate surface area is 80.7 Å². The molecule has 2 N–H and O–H groups in total. The molecule has 1 aromatic rings. The second-order valence-corrected chi connectivity index (χ2v) is 2.97. The van der Waals surface area contributed by atoms with E-state index in [-0.39, 0.29) is 34.6 Å². The maximum absolute atomic E-state index is 10.4. The monoisotopic (exact) mass is 171 g/mol. The molecule has 0 atom stereocenters. The number of hydrogen-bond acceptors (Lipinski definition) is 3. The summed E-state index contributed by atoms with van der Waals surface area (Å²) in [7, 11) is -3.63. The Morgan fingerprint density at radius 1 is 1.50 bits per heavy atom. The van der Waals surface area contributed by atoms with Crippen LogP contribution in [0.1, 0.15) is 0 Å². The van der Waals surface area contributed by atoms with Crippen LogP contribution < -0.4 is 5.14 Å². The van der Waals surface area contributed by atoms with Gasteiger partial charge in [-0.1, -0.05) is 0 Å². The summed E-state index contributed by atoms with van der Waals surface area (Å²) in [6.07, 6.45) is 1.25. The van der Waals surface area contributed by atoms with Crippen LogP contribution in [0, 0.1) is 0 Å². The van der Waals surface area contributed by atoms with Crippen LogP contribution in [0.2, 0.25) is 0 Å². The van der Waals surface area contributed by atoms with Gasteiger partial charge in [0.1, 0.15) is 0 Å². The molecule has 10 heavy (non-hydrogen) atoms. The molecular formula is C4H6NNaO3S. The van der Waals surface area contributed by atoms with Crippen LogP contribution in [0.3, 0.4) is 0 Å². The van der Waals surface area contributed by atoms with Gasteiger partial charge in [-0.25, -0.2) is 13.6 Å². The van der Waals surface area contributed by atoms with Crippen molar-refractivity contribution in [1.29, 1.82) is 0 Å². The molecule has 0 saturated heterocycles. The minimum absolute atomic E-state index is 0. The van der Waals surface area contributed by atoms with E-state index in [1.54, 1.807) is 0 Å². The molecule has 0 aliphatic rings. The van der Waals surface area contributed by atoms with E-state index in [4.69, 9.17) is 0 Å². The first kappa shape index (κ1) is 10.2. The van der Waals surface area contributed by atoms with Crippen molar-refractivity contribution in [2.75, 3.05) is 0 Å². The molecular weight excluding hydrogens is 165 g/mol. The van der Waals surface area contributed by atoms with Crippen LogP contribution in [-0.2, 0) is 10.0 Å². The Balaban J connectivity index is 0.000000810. The van der Waals surface area contributed by atoms with E-state index >= 15 is 0 Å². The van der Waals surface area contributed by atoms with Gasteiger partial charge in [0.2, 0.25) is 5.09 Å². The van der Waals surface area contributed by atoms with Crippen LogP contribution >= 0.6 is 0 Å². The van der Waals surface area contributed by atoms with Gasteiger partial charge in [-0.05, 0) is 12.1 Å². The summed E-state index contributed by atoms with van der Waals surface area (Å²) in [4.78, 5) is 0. The van der Waals surface area contributed by atoms with Gasteiger partial charge >= 0.3 is 29.6 Å². The SMILES string of the molecule is NS(=O)(=O)c1ccco1.[NaH]. The van der Waals surface area contributed by atoms with Crippen LogP contribution in [0.25, 0.3) is 0 Å². The summed E-state index contributed by atoms with van der Waals surface area (Å²) in [5.74, 6) is 0. The third-order valence-corrected chi connectivity index (χ3v) is 1.57. The summed E-state index contributed by atoms with van der Waals surface area (Å²) in [5.41, 5.74) is 0. The van der Waals surface area contributed by atoms with Crippen molar-refractivity contribution >= 4 is 39.6 Å². The first-order chi connectivity index (χ1) is 4.11. The van der Waals surface area contributed by atoms with E-state index in [9.17, 15) is 8.42 Å². The molecule has 0 saturated carbocycles. The maximum atomic E-state index is 10.4. The van der Waals surface area contributed by atoms with Crippen LogP contribution in [0.4, 0.5) is 0 Å². The fourth-order valence-electron chi connectivity index (χ4n) is 0.425. The zero-order valence-electron chi connectivity index (χ0n) is 4.44. The quantitative estimate of drug-likeness (QED) is 0.566. The molecule has 0 amide bonds. The van der Waals surface area contributed by atoms with E-state index < -0.39 is 10.0 Å². The zero-order valence-corrected chi connectivity index (χ0v) is 5.26. The third-order valence-electron chi connectivity index (χ3n) is 0.775. The summed E-state index contributed by atoms with van der Waals surface area (Å²) < 4.78 is 25.2. The molecule has 0 aromatic carbocycles. The number of rotatable bonds is 1. The molecule has 1 rings (SSSR count). The molecule has 0 fully saturated rings. The fraction of sp³-hybridized carbons (Fsp3) is 0. The van der Waals surface area contributed by atoms with E-state index in [0.29, 0.717) is 0 Å². The van der Waals surface area contributed by atoms with E-state index in [0.717, 1.165) is 0 Å². The summed E-state index contributed by atoms with van der Waals surface area (Å²) >= 11 is 0. The van der Waals surface area contributed by atoms with Crippen molar-refractivity contribution in [2.45, 2.75) is 5.09 Å². The number of furan rings is 1.